The third-order valence-corrected chi connectivity index (χ3v) is 4.58. The lowest BCUT2D eigenvalue weighted by Gasteiger charge is -2.10. The smallest absolute Gasteiger partial charge is 0.257 e. The van der Waals surface area contributed by atoms with Gasteiger partial charge in [-0.25, -0.2) is 0 Å². The molecule has 128 valence electrons. The molecule has 0 saturated heterocycles. The van der Waals surface area contributed by atoms with E-state index in [4.69, 9.17) is 32.7 Å². The molecule has 4 nitrogen and oxygen atoms in total. The highest BCUT2D eigenvalue weighted by Gasteiger charge is 2.14. The number of carbonyl (C=O) groups is 1. The molecule has 1 amide bonds. The van der Waals surface area contributed by atoms with Gasteiger partial charge in [-0.15, -0.1) is 0 Å². The van der Waals surface area contributed by atoms with Gasteiger partial charge in [-0.2, -0.15) is 0 Å². The lowest BCUT2D eigenvalue weighted by molar-refractivity contribution is 0.102. The Labute approximate surface area is 155 Å². The van der Waals surface area contributed by atoms with Gasteiger partial charge in [-0.3, -0.25) is 4.79 Å². The van der Waals surface area contributed by atoms with Crippen LogP contribution >= 0.6 is 23.2 Å². The molecule has 3 aromatic rings. The van der Waals surface area contributed by atoms with Crippen molar-refractivity contribution in [2.24, 2.45) is 0 Å². The number of carbonyl (C=O) groups excluding carboxylic acids is 1. The molecule has 2 aromatic carbocycles. The second kappa shape index (κ2) is 7.31. The minimum absolute atomic E-state index is 0.145. The molecule has 0 aliphatic rings. The van der Waals surface area contributed by atoms with Gasteiger partial charge < -0.3 is 14.8 Å². The van der Waals surface area contributed by atoms with Gasteiger partial charge in [0, 0.05) is 11.3 Å². The van der Waals surface area contributed by atoms with Crippen LogP contribution in [0.4, 0.5) is 5.69 Å². The molecule has 0 aliphatic carbocycles. The predicted octanol–water partition coefficient (Wildman–Crippen LogP) is 5.31. The van der Waals surface area contributed by atoms with Gasteiger partial charge in [0.2, 0.25) is 0 Å². The third kappa shape index (κ3) is 3.71. The van der Waals surface area contributed by atoms with Gasteiger partial charge in [0.1, 0.15) is 18.1 Å². The van der Waals surface area contributed by atoms with Crippen molar-refractivity contribution < 1.29 is 14.3 Å². The predicted molar refractivity (Wildman–Crippen MR) is 99.2 cm³/mol. The monoisotopic (exact) mass is 375 g/mol. The van der Waals surface area contributed by atoms with Crippen LogP contribution in [0.15, 0.2) is 52.9 Å². The van der Waals surface area contributed by atoms with Crippen LogP contribution in [-0.4, -0.2) is 11.0 Å². The third-order valence-electron chi connectivity index (χ3n) is 3.76. The van der Waals surface area contributed by atoms with E-state index in [1.54, 1.807) is 36.4 Å². The number of halogens is 2. The fourth-order valence-corrected chi connectivity index (χ4v) is 2.89. The summed E-state index contributed by atoms with van der Waals surface area (Å²) in [6.07, 6.45) is 0. The van der Waals surface area contributed by atoms with Crippen molar-refractivity contribution in [3.8, 4) is 11.3 Å². The van der Waals surface area contributed by atoms with Crippen LogP contribution in [0.2, 0.25) is 10.0 Å². The van der Waals surface area contributed by atoms with E-state index in [0.29, 0.717) is 27.8 Å². The molecule has 0 saturated carbocycles. The molecule has 0 atom stereocenters. The molecular weight excluding hydrogens is 361 g/mol. The maximum atomic E-state index is 12.4. The number of hydrogen-bond acceptors (Lipinski definition) is 3. The summed E-state index contributed by atoms with van der Waals surface area (Å²) in [7, 11) is 0. The van der Waals surface area contributed by atoms with Crippen LogP contribution < -0.4 is 5.32 Å². The summed E-state index contributed by atoms with van der Waals surface area (Å²) in [5, 5.41) is 12.5. The highest BCUT2D eigenvalue weighted by molar-refractivity contribution is 6.44. The molecule has 1 aromatic heterocycles. The van der Waals surface area contributed by atoms with Gasteiger partial charge in [-0.1, -0.05) is 29.3 Å². The molecule has 25 heavy (non-hydrogen) atoms. The van der Waals surface area contributed by atoms with E-state index in [1.165, 1.54) is 0 Å². The first kappa shape index (κ1) is 17.5. The number of amides is 1. The lowest BCUT2D eigenvalue weighted by atomic mass is 10.1. The maximum Gasteiger partial charge on any atom is 0.257 e. The molecule has 1 heterocycles. The maximum absolute atomic E-state index is 12.4. The van der Waals surface area contributed by atoms with E-state index >= 15 is 0 Å². The molecule has 2 N–H and O–H groups in total. The summed E-state index contributed by atoms with van der Waals surface area (Å²) >= 11 is 12.0. The first-order valence-electron chi connectivity index (χ1n) is 7.55. The summed E-state index contributed by atoms with van der Waals surface area (Å²) in [6.45, 7) is 1.77. The number of furan rings is 1. The topological polar surface area (TPSA) is 62.5 Å². The van der Waals surface area contributed by atoms with Crippen molar-refractivity contribution >= 4 is 34.8 Å². The van der Waals surface area contributed by atoms with E-state index in [1.807, 2.05) is 19.1 Å². The second-order valence-corrected chi connectivity index (χ2v) is 6.29. The molecule has 3 rings (SSSR count). The number of hydrogen-bond donors (Lipinski definition) is 2. The minimum Gasteiger partial charge on any atom is -0.459 e. The van der Waals surface area contributed by atoms with E-state index in [2.05, 4.69) is 5.32 Å². The summed E-state index contributed by atoms with van der Waals surface area (Å²) in [5.41, 5.74) is 2.76. The van der Waals surface area contributed by atoms with E-state index in [-0.39, 0.29) is 17.5 Å². The van der Waals surface area contributed by atoms with Crippen molar-refractivity contribution in [1.29, 1.82) is 0 Å². The number of aryl methyl sites for hydroxylation is 1. The quantitative estimate of drug-likeness (QED) is 0.649. The van der Waals surface area contributed by atoms with Crippen molar-refractivity contribution in [2.45, 2.75) is 13.5 Å². The Hall–Kier alpha value is -2.27. The average Bonchev–Trinajstić information content (AvgIpc) is 3.06. The van der Waals surface area contributed by atoms with Crippen LogP contribution in [0, 0.1) is 6.92 Å². The van der Waals surface area contributed by atoms with Crippen LogP contribution in [0.3, 0.4) is 0 Å². The molecule has 0 spiro atoms. The highest BCUT2D eigenvalue weighted by Crippen LogP contribution is 2.29. The lowest BCUT2D eigenvalue weighted by Crippen LogP contribution is -2.12. The first-order valence-corrected chi connectivity index (χ1v) is 8.31. The number of anilines is 1. The molecule has 0 unspecified atom stereocenters. The molecular formula is C19H15Cl2NO3. The number of aliphatic hydroxyl groups is 1. The van der Waals surface area contributed by atoms with Crippen LogP contribution in [0.25, 0.3) is 11.3 Å². The van der Waals surface area contributed by atoms with Gasteiger partial charge in [0.15, 0.2) is 0 Å². The Morgan fingerprint density at radius 3 is 2.64 bits per heavy atom. The molecule has 6 heteroatoms. The van der Waals surface area contributed by atoms with Gasteiger partial charge in [0.05, 0.1) is 15.6 Å². The number of aliphatic hydroxyl groups excluding tert-OH is 1. The Bertz CT molecular complexity index is 934. The van der Waals surface area contributed by atoms with Crippen LogP contribution in [0.5, 0.6) is 0 Å². The van der Waals surface area contributed by atoms with E-state index < -0.39 is 0 Å². The van der Waals surface area contributed by atoms with Crippen molar-refractivity contribution in [3.63, 3.8) is 0 Å². The summed E-state index contributed by atoms with van der Waals surface area (Å²) < 4.78 is 5.55. The zero-order chi connectivity index (χ0) is 18.0. The zero-order valence-corrected chi connectivity index (χ0v) is 14.9. The second-order valence-electron chi connectivity index (χ2n) is 5.51. The summed E-state index contributed by atoms with van der Waals surface area (Å²) in [4.78, 5) is 12.4. The largest absolute Gasteiger partial charge is 0.459 e. The van der Waals surface area contributed by atoms with Gasteiger partial charge in [-0.05, 0) is 55.0 Å². The first-order chi connectivity index (χ1) is 12.0. The molecule has 0 fully saturated rings. The Balaban J connectivity index is 1.83. The fraction of sp³-hybridized carbons (Fsp3) is 0.105. The van der Waals surface area contributed by atoms with Crippen molar-refractivity contribution in [1.82, 2.24) is 0 Å². The minimum atomic E-state index is -0.333. The Kier molecular flexibility index (Phi) is 5.13. The van der Waals surface area contributed by atoms with Crippen molar-refractivity contribution in [2.75, 3.05) is 5.32 Å². The molecule has 0 radical (unpaired) electrons. The summed E-state index contributed by atoms with van der Waals surface area (Å²) in [6, 6.07) is 13.9. The fourth-order valence-electron chi connectivity index (χ4n) is 2.50. The summed E-state index contributed by atoms with van der Waals surface area (Å²) in [5.74, 6) is 0.833. The number of nitrogens with one attached hydrogen (secondary N) is 1. The van der Waals surface area contributed by atoms with Crippen LogP contribution in [0.1, 0.15) is 21.7 Å². The Morgan fingerprint density at radius 2 is 1.96 bits per heavy atom. The van der Waals surface area contributed by atoms with E-state index in [9.17, 15) is 4.79 Å². The molecule has 0 bridgehead atoms. The van der Waals surface area contributed by atoms with Gasteiger partial charge >= 0.3 is 0 Å². The zero-order valence-electron chi connectivity index (χ0n) is 13.3. The number of rotatable bonds is 4. The van der Waals surface area contributed by atoms with Gasteiger partial charge in [0.25, 0.3) is 5.91 Å². The average molecular weight is 376 g/mol. The van der Waals surface area contributed by atoms with Crippen molar-refractivity contribution in [3.05, 3.63) is 75.5 Å². The standard InChI is InChI=1S/C19H15Cl2NO3/c1-11-9-12(5-7-14(11)17-8-6-13(10-23)25-17)22-19(24)15-3-2-4-16(20)18(15)21/h2-9,23H,10H2,1H3,(H,22,24). The number of benzene rings is 2. The van der Waals surface area contributed by atoms with E-state index in [0.717, 1.165) is 11.1 Å². The highest BCUT2D eigenvalue weighted by atomic mass is 35.5. The normalized spacial score (nSPS) is 10.7. The van der Waals surface area contributed by atoms with Crippen LogP contribution in [-0.2, 0) is 6.61 Å². The Morgan fingerprint density at radius 1 is 1.16 bits per heavy atom. The molecule has 0 aliphatic heterocycles. The SMILES string of the molecule is Cc1cc(NC(=O)c2cccc(Cl)c2Cl)ccc1-c1ccc(CO)o1.